The number of aryl methyl sites for hydroxylation is 1. The first-order valence-electron chi connectivity index (χ1n) is 6.04. The summed E-state index contributed by atoms with van der Waals surface area (Å²) in [5.41, 5.74) is 5.65. The minimum Gasteiger partial charge on any atom is -0.347 e. The van der Waals surface area contributed by atoms with Gasteiger partial charge in [-0.3, -0.25) is 9.59 Å². The van der Waals surface area contributed by atoms with Crippen molar-refractivity contribution < 1.29 is 9.59 Å². The summed E-state index contributed by atoms with van der Waals surface area (Å²) < 4.78 is 1.70. The van der Waals surface area contributed by atoms with Gasteiger partial charge in [-0.15, -0.1) is 10.2 Å². The van der Waals surface area contributed by atoms with E-state index < -0.39 is 6.04 Å². The molecule has 0 aromatic carbocycles. The zero-order valence-electron chi connectivity index (χ0n) is 11.4. The van der Waals surface area contributed by atoms with Crippen LogP contribution in [0.5, 0.6) is 0 Å². The van der Waals surface area contributed by atoms with Crippen molar-refractivity contribution in [1.82, 2.24) is 25.4 Å². The van der Waals surface area contributed by atoms with Crippen molar-refractivity contribution in [3.63, 3.8) is 0 Å². The van der Waals surface area contributed by atoms with Gasteiger partial charge in [-0.2, -0.15) is 0 Å². The maximum atomic E-state index is 11.5. The summed E-state index contributed by atoms with van der Waals surface area (Å²) in [6, 6.07) is -0.605. The lowest BCUT2D eigenvalue weighted by molar-refractivity contribution is -0.127. The largest absolute Gasteiger partial charge is 0.347 e. The number of nitrogens with two attached hydrogens (primary N) is 1. The standard InChI is InChI=1S/C11H20N6O2/c1-7(2)10(12)11(19)14-5-9(18)13-4-8-16-15-6-17(8)3/h6-7,10H,4-5,12H2,1-3H3,(H,13,18)(H,14,19)/t10-/m0/s1. The Hall–Kier alpha value is -1.96. The summed E-state index contributed by atoms with van der Waals surface area (Å²) in [6.45, 7) is 3.86. The highest BCUT2D eigenvalue weighted by molar-refractivity contribution is 5.87. The monoisotopic (exact) mass is 268 g/mol. The lowest BCUT2D eigenvalue weighted by Gasteiger charge is -2.15. The maximum absolute atomic E-state index is 11.5. The highest BCUT2D eigenvalue weighted by atomic mass is 16.2. The summed E-state index contributed by atoms with van der Waals surface area (Å²) in [4.78, 5) is 23.1. The van der Waals surface area contributed by atoms with E-state index in [-0.39, 0.29) is 30.8 Å². The number of hydrogen-bond donors (Lipinski definition) is 3. The molecule has 0 radical (unpaired) electrons. The predicted molar refractivity (Wildman–Crippen MR) is 68.7 cm³/mol. The van der Waals surface area contributed by atoms with Crippen molar-refractivity contribution >= 4 is 11.8 Å². The van der Waals surface area contributed by atoms with Crippen LogP contribution in [0.3, 0.4) is 0 Å². The third kappa shape index (κ3) is 4.66. The highest BCUT2D eigenvalue weighted by Gasteiger charge is 2.17. The SMILES string of the molecule is CC(C)[C@H](N)C(=O)NCC(=O)NCc1nncn1C. The smallest absolute Gasteiger partial charge is 0.239 e. The van der Waals surface area contributed by atoms with Gasteiger partial charge >= 0.3 is 0 Å². The van der Waals surface area contributed by atoms with Crippen LogP contribution in [0.2, 0.25) is 0 Å². The molecule has 106 valence electrons. The Kier molecular flexibility index (Phi) is 5.43. The second-order valence-electron chi connectivity index (χ2n) is 4.62. The van der Waals surface area contributed by atoms with Gasteiger partial charge in [0, 0.05) is 7.05 Å². The van der Waals surface area contributed by atoms with E-state index in [1.54, 1.807) is 17.9 Å². The lowest BCUT2D eigenvalue weighted by atomic mass is 10.1. The van der Waals surface area contributed by atoms with E-state index in [4.69, 9.17) is 5.73 Å². The van der Waals surface area contributed by atoms with Gasteiger partial charge in [0.05, 0.1) is 19.1 Å². The molecular formula is C11H20N6O2. The molecule has 0 saturated carbocycles. The van der Waals surface area contributed by atoms with Gasteiger partial charge < -0.3 is 20.9 Å². The number of carbonyl (C=O) groups excluding carboxylic acids is 2. The summed E-state index contributed by atoms with van der Waals surface area (Å²) in [5, 5.41) is 12.6. The van der Waals surface area contributed by atoms with E-state index in [0.717, 1.165) is 0 Å². The minimum absolute atomic E-state index is 0.0294. The molecule has 1 aromatic rings. The van der Waals surface area contributed by atoms with Gasteiger partial charge in [0.15, 0.2) is 5.82 Å². The fourth-order valence-electron chi connectivity index (χ4n) is 1.30. The van der Waals surface area contributed by atoms with Crippen molar-refractivity contribution in [2.24, 2.45) is 18.7 Å². The molecule has 1 rings (SSSR count). The van der Waals surface area contributed by atoms with Crippen molar-refractivity contribution in [2.75, 3.05) is 6.54 Å². The zero-order valence-corrected chi connectivity index (χ0v) is 11.4. The van der Waals surface area contributed by atoms with Crippen molar-refractivity contribution in [1.29, 1.82) is 0 Å². The fourth-order valence-corrected chi connectivity index (χ4v) is 1.30. The molecule has 0 bridgehead atoms. The predicted octanol–water partition coefficient (Wildman–Crippen LogP) is -1.47. The second kappa shape index (κ2) is 6.83. The maximum Gasteiger partial charge on any atom is 0.239 e. The van der Waals surface area contributed by atoms with Gasteiger partial charge in [-0.25, -0.2) is 0 Å². The number of rotatable bonds is 6. The van der Waals surface area contributed by atoms with Crippen LogP contribution < -0.4 is 16.4 Å². The average Bonchev–Trinajstić information content (AvgIpc) is 2.77. The van der Waals surface area contributed by atoms with Crippen LogP contribution in [0.1, 0.15) is 19.7 Å². The highest BCUT2D eigenvalue weighted by Crippen LogP contribution is 1.97. The number of aromatic nitrogens is 3. The van der Waals surface area contributed by atoms with Gasteiger partial charge in [0.2, 0.25) is 11.8 Å². The Morgan fingerprint density at radius 2 is 2.11 bits per heavy atom. The van der Waals surface area contributed by atoms with Crippen LogP contribution >= 0.6 is 0 Å². The molecule has 1 aromatic heterocycles. The number of hydrogen-bond acceptors (Lipinski definition) is 5. The van der Waals surface area contributed by atoms with E-state index in [1.807, 2.05) is 13.8 Å². The topological polar surface area (TPSA) is 115 Å². The van der Waals surface area contributed by atoms with Crippen LogP contribution in [0, 0.1) is 5.92 Å². The molecule has 0 saturated heterocycles. The normalized spacial score (nSPS) is 12.3. The summed E-state index contributed by atoms with van der Waals surface area (Å²) in [6.07, 6.45) is 1.55. The molecule has 0 aliphatic carbocycles. The van der Waals surface area contributed by atoms with E-state index in [2.05, 4.69) is 20.8 Å². The molecule has 4 N–H and O–H groups in total. The average molecular weight is 268 g/mol. The van der Waals surface area contributed by atoms with E-state index in [1.165, 1.54) is 0 Å². The van der Waals surface area contributed by atoms with Gasteiger partial charge in [-0.05, 0) is 5.92 Å². The van der Waals surface area contributed by atoms with Crippen LogP contribution in [-0.2, 0) is 23.2 Å². The second-order valence-corrected chi connectivity index (χ2v) is 4.62. The Morgan fingerprint density at radius 1 is 1.42 bits per heavy atom. The number of carbonyl (C=O) groups is 2. The molecule has 1 heterocycles. The molecule has 0 unspecified atom stereocenters. The number of amides is 2. The van der Waals surface area contributed by atoms with Gasteiger partial charge in [-0.1, -0.05) is 13.8 Å². The molecule has 2 amide bonds. The van der Waals surface area contributed by atoms with E-state index in [9.17, 15) is 9.59 Å². The molecule has 1 atom stereocenters. The quantitative estimate of drug-likeness (QED) is 0.582. The van der Waals surface area contributed by atoms with Crippen molar-refractivity contribution in [2.45, 2.75) is 26.4 Å². The molecule has 0 aliphatic heterocycles. The lowest BCUT2D eigenvalue weighted by Crippen LogP contribution is -2.47. The van der Waals surface area contributed by atoms with Crippen molar-refractivity contribution in [3.8, 4) is 0 Å². The molecule has 0 spiro atoms. The van der Waals surface area contributed by atoms with Crippen molar-refractivity contribution in [3.05, 3.63) is 12.2 Å². The molecule has 8 nitrogen and oxygen atoms in total. The zero-order chi connectivity index (χ0) is 14.4. The first-order chi connectivity index (χ1) is 8.91. The fraction of sp³-hybridized carbons (Fsp3) is 0.636. The van der Waals surface area contributed by atoms with Crippen LogP contribution in [0.15, 0.2) is 6.33 Å². The molecule has 0 aliphatic rings. The third-order valence-electron chi connectivity index (χ3n) is 2.69. The summed E-state index contributed by atoms with van der Waals surface area (Å²) in [7, 11) is 1.78. The Balaban J connectivity index is 2.29. The first-order valence-corrected chi connectivity index (χ1v) is 6.04. The molecular weight excluding hydrogens is 248 g/mol. The summed E-state index contributed by atoms with van der Waals surface area (Å²) >= 11 is 0. The van der Waals surface area contributed by atoms with Crippen LogP contribution in [0.25, 0.3) is 0 Å². The van der Waals surface area contributed by atoms with Gasteiger partial charge in [0.25, 0.3) is 0 Å². The first kappa shape index (κ1) is 15.1. The van der Waals surface area contributed by atoms with E-state index in [0.29, 0.717) is 5.82 Å². The minimum atomic E-state index is -0.605. The third-order valence-corrected chi connectivity index (χ3v) is 2.69. The number of nitrogens with one attached hydrogen (secondary N) is 2. The van der Waals surface area contributed by atoms with E-state index >= 15 is 0 Å². The Morgan fingerprint density at radius 3 is 2.63 bits per heavy atom. The van der Waals surface area contributed by atoms with Gasteiger partial charge in [0.1, 0.15) is 6.33 Å². The Bertz CT molecular complexity index is 442. The molecule has 19 heavy (non-hydrogen) atoms. The van der Waals surface area contributed by atoms with Crippen LogP contribution in [0.4, 0.5) is 0 Å². The van der Waals surface area contributed by atoms with Crippen LogP contribution in [-0.4, -0.2) is 39.2 Å². The summed E-state index contributed by atoms with van der Waals surface area (Å²) in [5.74, 6) is 0.0383. The number of nitrogens with zero attached hydrogens (tertiary/aromatic N) is 3. The Labute approximate surface area is 111 Å². The molecule has 0 fully saturated rings. The molecule has 8 heteroatoms.